The molecule has 1 aromatic heterocycles. The van der Waals surface area contributed by atoms with Gasteiger partial charge >= 0.3 is 6.18 Å². The van der Waals surface area contributed by atoms with Gasteiger partial charge in [-0.05, 0) is 30.3 Å². The molecule has 0 fully saturated rings. The van der Waals surface area contributed by atoms with Gasteiger partial charge in [0.2, 0.25) is 0 Å². The summed E-state index contributed by atoms with van der Waals surface area (Å²) in [7, 11) is 0. The van der Waals surface area contributed by atoms with Gasteiger partial charge in [-0.2, -0.15) is 18.4 Å². The molecule has 2 rings (SSSR count). The molecule has 3 nitrogen and oxygen atoms in total. The summed E-state index contributed by atoms with van der Waals surface area (Å²) in [5.41, 5.74) is -1.82. The van der Waals surface area contributed by atoms with Crippen molar-refractivity contribution < 1.29 is 22.4 Å². The SMILES string of the molecule is N#C[C@H](C(=O)c1ccc(F)c(C(F)(F)F)c1)c1ccccn1. The Morgan fingerprint density at radius 1 is 1.23 bits per heavy atom. The number of hydrogen-bond acceptors (Lipinski definition) is 3. The molecule has 0 aliphatic carbocycles. The lowest BCUT2D eigenvalue weighted by Gasteiger charge is -2.11. The number of ketones is 1. The van der Waals surface area contributed by atoms with Crippen molar-refractivity contribution in [3.05, 3.63) is 65.2 Å². The third-order valence-corrected chi connectivity index (χ3v) is 2.93. The number of aromatic nitrogens is 1. The summed E-state index contributed by atoms with van der Waals surface area (Å²) in [6.45, 7) is 0. The van der Waals surface area contributed by atoms with Gasteiger partial charge in [-0.25, -0.2) is 4.39 Å². The molecule has 7 heteroatoms. The highest BCUT2D eigenvalue weighted by Gasteiger charge is 2.35. The maximum atomic E-state index is 13.2. The minimum atomic E-state index is -4.92. The first-order valence-electron chi connectivity index (χ1n) is 6.06. The van der Waals surface area contributed by atoms with Gasteiger partial charge in [0.05, 0.1) is 17.3 Å². The summed E-state index contributed by atoms with van der Waals surface area (Å²) < 4.78 is 51.2. The summed E-state index contributed by atoms with van der Waals surface area (Å²) in [5.74, 6) is -3.70. The molecule has 2 aromatic rings. The van der Waals surface area contributed by atoms with E-state index in [0.29, 0.717) is 12.1 Å². The Morgan fingerprint density at radius 2 is 1.95 bits per heavy atom. The Labute approximate surface area is 122 Å². The van der Waals surface area contributed by atoms with E-state index in [1.54, 1.807) is 18.2 Å². The van der Waals surface area contributed by atoms with E-state index in [2.05, 4.69) is 4.98 Å². The van der Waals surface area contributed by atoms with E-state index in [-0.39, 0.29) is 5.69 Å². The Hall–Kier alpha value is -2.75. The van der Waals surface area contributed by atoms with Gasteiger partial charge in [0, 0.05) is 11.8 Å². The van der Waals surface area contributed by atoms with Crippen molar-refractivity contribution in [2.45, 2.75) is 12.1 Å². The maximum absolute atomic E-state index is 13.2. The largest absolute Gasteiger partial charge is 0.419 e. The quantitative estimate of drug-likeness (QED) is 0.641. The zero-order valence-corrected chi connectivity index (χ0v) is 10.9. The van der Waals surface area contributed by atoms with E-state index in [1.807, 2.05) is 0 Å². The number of halogens is 4. The number of rotatable bonds is 3. The van der Waals surface area contributed by atoms with Gasteiger partial charge in [0.25, 0.3) is 0 Å². The van der Waals surface area contributed by atoms with Crippen LogP contribution in [0.15, 0.2) is 42.6 Å². The van der Waals surface area contributed by atoms with E-state index in [9.17, 15) is 22.4 Å². The van der Waals surface area contributed by atoms with E-state index < -0.39 is 34.8 Å². The third kappa shape index (κ3) is 3.11. The van der Waals surface area contributed by atoms with Crippen LogP contribution in [-0.2, 0) is 6.18 Å². The van der Waals surface area contributed by atoms with Crippen LogP contribution in [0.25, 0.3) is 0 Å². The number of hydrogen-bond donors (Lipinski definition) is 0. The van der Waals surface area contributed by atoms with Crippen molar-refractivity contribution in [2.24, 2.45) is 0 Å². The van der Waals surface area contributed by atoms with Crippen LogP contribution in [0.2, 0.25) is 0 Å². The van der Waals surface area contributed by atoms with E-state index in [0.717, 1.165) is 6.07 Å². The lowest BCUT2D eigenvalue weighted by molar-refractivity contribution is -0.140. The predicted octanol–water partition coefficient (Wildman–Crippen LogP) is 3.73. The van der Waals surface area contributed by atoms with Crippen molar-refractivity contribution in [3.8, 4) is 6.07 Å². The van der Waals surface area contributed by atoms with Crippen LogP contribution >= 0.6 is 0 Å². The molecule has 0 unspecified atom stereocenters. The van der Waals surface area contributed by atoms with Crippen LogP contribution in [0.1, 0.15) is 27.5 Å². The molecule has 0 saturated carbocycles. The number of benzene rings is 1. The number of Topliss-reactive ketones (excluding diaryl/α,β-unsaturated/α-hetero) is 1. The van der Waals surface area contributed by atoms with Gasteiger partial charge in [0.1, 0.15) is 5.82 Å². The minimum Gasteiger partial charge on any atom is -0.292 e. The molecule has 22 heavy (non-hydrogen) atoms. The first-order chi connectivity index (χ1) is 10.3. The highest BCUT2D eigenvalue weighted by atomic mass is 19.4. The molecule has 0 aliphatic heterocycles. The predicted molar refractivity (Wildman–Crippen MR) is 68.3 cm³/mol. The molecule has 0 saturated heterocycles. The zero-order valence-electron chi connectivity index (χ0n) is 10.9. The van der Waals surface area contributed by atoms with Crippen LogP contribution < -0.4 is 0 Å². The monoisotopic (exact) mass is 308 g/mol. The van der Waals surface area contributed by atoms with E-state index in [1.165, 1.54) is 12.3 Å². The van der Waals surface area contributed by atoms with Crippen molar-refractivity contribution in [3.63, 3.8) is 0 Å². The Balaban J connectivity index is 2.44. The zero-order chi connectivity index (χ0) is 16.3. The van der Waals surface area contributed by atoms with Gasteiger partial charge in [-0.15, -0.1) is 0 Å². The van der Waals surface area contributed by atoms with Crippen molar-refractivity contribution in [2.75, 3.05) is 0 Å². The molecule has 1 aromatic carbocycles. The molecule has 0 N–H and O–H groups in total. The summed E-state index contributed by atoms with van der Waals surface area (Å²) >= 11 is 0. The van der Waals surface area contributed by atoms with Crippen molar-refractivity contribution >= 4 is 5.78 Å². The Kier molecular flexibility index (Phi) is 4.22. The highest BCUT2D eigenvalue weighted by molar-refractivity contribution is 6.02. The number of pyridine rings is 1. The second-order valence-corrected chi connectivity index (χ2v) is 4.37. The summed E-state index contributed by atoms with van der Waals surface area (Å²) in [6, 6.07) is 8.12. The molecule has 0 amide bonds. The average Bonchev–Trinajstić information content (AvgIpc) is 2.48. The summed E-state index contributed by atoms with van der Waals surface area (Å²) in [6.07, 6.45) is -3.56. The number of alkyl halides is 3. The standard InChI is InChI=1S/C15H8F4N2O/c16-12-5-4-9(7-11(12)15(17,18)19)14(22)10(8-20)13-3-1-2-6-21-13/h1-7,10H/t10-/m0/s1. The number of carbonyl (C=O) groups is 1. The molecular weight excluding hydrogens is 300 g/mol. The molecule has 1 atom stereocenters. The second kappa shape index (κ2) is 5.93. The molecule has 0 aliphatic rings. The number of nitriles is 1. The van der Waals surface area contributed by atoms with E-state index in [4.69, 9.17) is 5.26 Å². The van der Waals surface area contributed by atoms with E-state index >= 15 is 0 Å². The number of carbonyl (C=O) groups excluding carboxylic acids is 1. The first-order valence-corrected chi connectivity index (χ1v) is 6.06. The highest BCUT2D eigenvalue weighted by Crippen LogP contribution is 2.32. The van der Waals surface area contributed by atoms with Gasteiger partial charge in [0.15, 0.2) is 11.7 Å². The fraction of sp³-hybridized carbons (Fsp3) is 0.133. The second-order valence-electron chi connectivity index (χ2n) is 4.37. The maximum Gasteiger partial charge on any atom is 0.419 e. The molecule has 112 valence electrons. The minimum absolute atomic E-state index is 0.118. The first kappa shape index (κ1) is 15.6. The lowest BCUT2D eigenvalue weighted by atomic mass is 9.94. The fourth-order valence-electron chi connectivity index (χ4n) is 1.87. The van der Waals surface area contributed by atoms with Crippen molar-refractivity contribution in [1.29, 1.82) is 5.26 Å². The molecular formula is C15H8F4N2O. The summed E-state index contributed by atoms with van der Waals surface area (Å²) in [4.78, 5) is 16.1. The van der Waals surface area contributed by atoms with Crippen LogP contribution in [0.3, 0.4) is 0 Å². The van der Waals surface area contributed by atoms with Gasteiger partial charge in [-0.3, -0.25) is 9.78 Å². The topological polar surface area (TPSA) is 53.8 Å². The fourth-order valence-corrected chi connectivity index (χ4v) is 1.87. The molecule has 0 bridgehead atoms. The molecule has 0 spiro atoms. The van der Waals surface area contributed by atoms with Crippen molar-refractivity contribution in [1.82, 2.24) is 4.98 Å². The van der Waals surface area contributed by atoms with Gasteiger partial charge in [-0.1, -0.05) is 6.07 Å². The van der Waals surface area contributed by atoms with Crippen LogP contribution in [0.5, 0.6) is 0 Å². The van der Waals surface area contributed by atoms with Crippen LogP contribution in [-0.4, -0.2) is 10.8 Å². The third-order valence-electron chi connectivity index (χ3n) is 2.93. The molecule has 1 heterocycles. The van der Waals surface area contributed by atoms with Gasteiger partial charge < -0.3 is 0 Å². The molecule has 0 radical (unpaired) electrons. The summed E-state index contributed by atoms with van der Waals surface area (Å²) in [5, 5.41) is 9.09. The smallest absolute Gasteiger partial charge is 0.292 e. The Morgan fingerprint density at radius 3 is 2.50 bits per heavy atom. The Bertz CT molecular complexity index is 735. The van der Waals surface area contributed by atoms with Crippen LogP contribution in [0.4, 0.5) is 17.6 Å². The number of nitrogens with zero attached hydrogens (tertiary/aromatic N) is 2. The average molecular weight is 308 g/mol. The van der Waals surface area contributed by atoms with Crippen LogP contribution in [0, 0.1) is 17.1 Å². The normalized spacial score (nSPS) is 12.5. The lowest BCUT2D eigenvalue weighted by Crippen LogP contribution is -2.15.